The van der Waals surface area contributed by atoms with E-state index in [-0.39, 0.29) is 35.1 Å². The highest BCUT2D eigenvalue weighted by Crippen LogP contribution is 2.26. The molecule has 0 aliphatic heterocycles. The van der Waals surface area contributed by atoms with Gasteiger partial charge in [0.25, 0.3) is 5.69 Å². The molecule has 0 atom stereocenters. The zero-order chi connectivity index (χ0) is 24.0. The molecule has 0 saturated carbocycles. The minimum atomic E-state index is -0.528. The molecule has 0 radical (unpaired) electrons. The summed E-state index contributed by atoms with van der Waals surface area (Å²) in [6.45, 7) is 9.30. The summed E-state index contributed by atoms with van der Waals surface area (Å²) >= 11 is 1.21. The number of nitrogens with zero attached hydrogens (tertiary/aromatic N) is 4. The molecule has 33 heavy (non-hydrogen) atoms. The van der Waals surface area contributed by atoms with Crippen LogP contribution in [0.1, 0.15) is 39.1 Å². The standard InChI is InChI=1S/C23H27N5O4S/c1-5-27-20(14-32-17-12-10-16(11-13-17)23(2,3)4)25-26-22(27)33-15-21(29)24-18-8-6-7-9-19(18)28(30)31/h6-13H,5,14-15H2,1-4H3,(H,24,29). The molecule has 9 nitrogen and oxygen atoms in total. The Morgan fingerprint density at radius 1 is 1.15 bits per heavy atom. The predicted molar refractivity (Wildman–Crippen MR) is 128 cm³/mol. The maximum Gasteiger partial charge on any atom is 0.292 e. The van der Waals surface area contributed by atoms with Gasteiger partial charge in [0.1, 0.15) is 18.0 Å². The number of para-hydroxylation sites is 2. The molecule has 1 amide bonds. The van der Waals surface area contributed by atoms with Crippen molar-refractivity contribution in [1.29, 1.82) is 0 Å². The summed E-state index contributed by atoms with van der Waals surface area (Å²) in [6, 6.07) is 14.0. The van der Waals surface area contributed by atoms with Gasteiger partial charge in [0.05, 0.1) is 10.7 Å². The van der Waals surface area contributed by atoms with Gasteiger partial charge in [-0.1, -0.05) is 56.8 Å². The van der Waals surface area contributed by atoms with Crippen molar-refractivity contribution in [3.05, 3.63) is 70.0 Å². The zero-order valence-corrected chi connectivity index (χ0v) is 19.9. The maximum absolute atomic E-state index is 12.3. The average molecular weight is 470 g/mol. The average Bonchev–Trinajstić information content (AvgIpc) is 3.18. The first-order valence-electron chi connectivity index (χ1n) is 10.5. The van der Waals surface area contributed by atoms with Gasteiger partial charge >= 0.3 is 0 Å². The van der Waals surface area contributed by atoms with Gasteiger partial charge in [-0.05, 0) is 36.1 Å². The number of anilines is 1. The van der Waals surface area contributed by atoms with E-state index in [1.54, 1.807) is 12.1 Å². The van der Waals surface area contributed by atoms with Crippen molar-refractivity contribution >= 4 is 29.0 Å². The molecule has 1 aromatic heterocycles. The fourth-order valence-electron chi connectivity index (χ4n) is 3.10. The van der Waals surface area contributed by atoms with Gasteiger partial charge in [-0.3, -0.25) is 14.9 Å². The molecule has 0 aliphatic carbocycles. The summed E-state index contributed by atoms with van der Waals surface area (Å²) in [7, 11) is 0. The molecule has 0 bridgehead atoms. The normalized spacial score (nSPS) is 11.3. The lowest BCUT2D eigenvalue weighted by Crippen LogP contribution is -2.15. The van der Waals surface area contributed by atoms with E-state index >= 15 is 0 Å². The Kier molecular flexibility index (Phi) is 7.70. The molecule has 10 heteroatoms. The molecule has 0 fully saturated rings. The van der Waals surface area contributed by atoms with E-state index in [1.165, 1.54) is 29.5 Å². The third kappa shape index (κ3) is 6.32. The summed E-state index contributed by atoms with van der Waals surface area (Å²) in [5.74, 6) is 1.07. The maximum atomic E-state index is 12.3. The summed E-state index contributed by atoms with van der Waals surface area (Å²) < 4.78 is 7.76. The Hall–Kier alpha value is -3.40. The molecule has 2 aromatic carbocycles. The van der Waals surface area contributed by atoms with Crippen LogP contribution in [0.2, 0.25) is 0 Å². The van der Waals surface area contributed by atoms with Crippen LogP contribution in [-0.2, 0) is 23.4 Å². The number of thioether (sulfide) groups is 1. The van der Waals surface area contributed by atoms with E-state index in [0.29, 0.717) is 17.5 Å². The molecule has 3 aromatic rings. The molecular weight excluding hydrogens is 442 g/mol. The quantitative estimate of drug-likeness (QED) is 0.272. The summed E-state index contributed by atoms with van der Waals surface area (Å²) in [5.41, 5.74) is 1.31. The van der Waals surface area contributed by atoms with Gasteiger partial charge in [-0.2, -0.15) is 0 Å². The minimum absolute atomic E-state index is 0.0410. The van der Waals surface area contributed by atoms with Crippen molar-refractivity contribution in [2.75, 3.05) is 11.1 Å². The van der Waals surface area contributed by atoms with Gasteiger partial charge in [-0.15, -0.1) is 10.2 Å². The first-order valence-corrected chi connectivity index (χ1v) is 11.5. The van der Waals surface area contributed by atoms with Gasteiger partial charge in [-0.25, -0.2) is 0 Å². The molecule has 0 unspecified atom stereocenters. The van der Waals surface area contributed by atoms with Crippen LogP contribution in [-0.4, -0.2) is 31.3 Å². The first-order chi connectivity index (χ1) is 15.7. The van der Waals surface area contributed by atoms with Crippen molar-refractivity contribution in [2.45, 2.75) is 51.4 Å². The van der Waals surface area contributed by atoms with Crippen LogP contribution in [0.25, 0.3) is 0 Å². The fraction of sp³-hybridized carbons (Fsp3) is 0.348. The number of ether oxygens (including phenoxy) is 1. The van der Waals surface area contributed by atoms with Crippen LogP contribution in [0, 0.1) is 10.1 Å². The first kappa shape index (κ1) is 24.2. The fourth-order valence-corrected chi connectivity index (χ4v) is 3.93. The van der Waals surface area contributed by atoms with Gasteiger partial charge in [0, 0.05) is 12.6 Å². The second kappa shape index (κ2) is 10.5. The lowest BCUT2D eigenvalue weighted by Gasteiger charge is -2.19. The number of carbonyl (C=O) groups is 1. The van der Waals surface area contributed by atoms with Gasteiger partial charge in [0.2, 0.25) is 5.91 Å². The minimum Gasteiger partial charge on any atom is -0.486 e. The monoisotopic (exact) mass is 469 g/mol. The molecule has 0 saturated heterocycles. The molecule has 3 rings (SSSR count). The lowest BCUT2D eigenvalue weighted by atomic mass is 9.87. The van der Waals surface area contributed by atoms with Crippen molar-refractivity contribution in [2.24, 2.45) is 0 Å². The molecular formula is C23H27N5O4S. The number of nitro benzene ring substituents is 1. The number of amides is 1. The number of hydrogen-bond donors (Lipinski definition) is 1. The van der Waals surface area contributed by atoms with Gasteiger partial charge in [0.15, 0.2) is 11.0 Å². The smallest absolute Gasteiger partial charge is 0.292 e. The van der Waals surface area contributed by atoms with Crippen LogP contribution >= 0.6 is 11.8 Å². The highest BCUT2D eigenvalue weighted by molar-refractivity contribution is 7.99. The zero-order valence-electron chi connectivity index (χ0n) is 19.1. The third-order valence-electron chi connectivity index (χ3n) is 4.91. The summed E-state index contributed by atoms with van der Waals surface area (Å²) in [5, 5.41) is 22.7. The molecule has 1 heterocycles. The Balaban J connectivity index is 1.59. The van der Waals surface area contributed by atoms with Crippen molar-refractivity contribution in [3.8, 4) is 5.75 Å². The topological polar surface area (TPSA) is 112 Å². The van der Waals surface area contributed by atoms with Crippen LogP contribution in [0.15, 0.2) is 53.7 Å². The van der Waals surface area contributed by atoms with E-state index in [2.05, 4.69) is 48.4 Å². The summed E-state index contributed by atoms with van der Waals surface area (Å²) in [6.07, 6.45) is 0. The van der Waals surface area contributed by atoms with Crippen LogP contribution in [0.5, 0.6) is 5.75 Å². The van der Waals surface area contributed by atoms with Crippen molar-refractivity contribution < 1.29 is 14.5 Å². The molecule has 0 spiro atoms. The summed E-state index contributed by atoms with van der Waals surface area (Å²) in [4.78, 5) is 22.9. The van der Waals surface area contributed by atoms with E-state index in [9.17, 15) is 14.9 Å². The number of rotatable bonds is 9. The SMILES string of the molecule is CCn1c(COc2ccc(C(C)(C)C)cc2)nnc1SCC(=O)Nc1ccccc1[N+](=O)[O-]. The van der Waals surface area contributed by atoms with Crippen LogP contribution in [0.3, 0.4) is 0 Å². The highest BCUT2D eigenvalue weighted by atomic mass is 32.2. The Morgan fingerprint density at radius 3 is 2.48 bits per heavy atom. The Morgan fingerprint density at radius 2 is 1.85 bits per heavy atom. The van der Waals surface area contributed by atoms with E-state index in [4.69, 9.17) is 4.74 Å². The highest BCUT2D eigenvalue weighted by Gasteiger charge is 2.18. The van der Waals surface area contributed by atoms with Gasteiger partial charge < -0.3 is 14.6 Å². The van der Waals surface area contributed by atoms with E-state index in [1.807, 2.05) is 23.6 Å². The molecule has 0 aliphatic rings. The van der Waals surface area contributed by atoms with Crippen LogP contribution in [0.4, 0.5) is 11.4 Å². The number of hydrogen-bond acceptors (Lipinski definition) is 7. The number of aromatic nitrogens is 3. The number of nitrogens with one attached hydrogen (secondary N) is 1. The van der Waals surface area contributed by atoms with Crippen molar-refractivity contribution in [1.82, 2.24) is 14.8 Å². The largest absolute Gasteiger partial charge is 0.486 e. The van der Waals surface area contributed by atoms with E-state index in [0.717, 1.165) is 5.75 Å². The third-order valence-corrected chi connectivity index (χ3v) is 5.87. The van der Waals surface area contributed by atoms with E-state index < -0.39 is 4.92 Å². The Labute approximate surface area is 196 Å². The van der Waals surface area contributed by atoms with Crippen LogP contribution < -0.4 is 10.1 Å². The Bertz CT molecular complexity index is 1120. The second-order valence-electron chi connectivity index (χ2n) is 8.32. The second-order valence-corrected chi connectivity index (χ2v) is 9.26. The predicted octanol–water partition coefficient (Wildman–Crippen LogP) is 4.81. The number of carbonyl (C=O) groups excluding carboxylic acids is 1. The van der Waals surface area contributed by atoms with Crippen molar-refractivity contribution in [3.63, 3.8) is 0 Å². The number of benzene rings is 2. The number of nitro groups is 1. The molecule has 1 N–H and O–H groups in total. The molecule has 174 valence electrons. The lowest BCUT2D eigenvalue weighted by molar-refractivity contribution is -0.383.